The Hall–Kier alpha value is -4.06. The van der Waals surface area contributed by atoms with Gasteiger partial charge in [-0.25, -0.2) is 14.0 Å². The lowest BCUT2D eigenvalue weighted by molar-refractivity contribution is 0.00647. The average Bonchev–Trinajstić information content (AvgIpc) is 3.35. The van der Waals surface area contributed by atoms with Crippen LogP contribution in [0.5, 0.6) is 0 Å². The van der Waals surface area contributed by atoms with Crippen molar-refractivity contribution >= 4 is 41.6 Å². The van der Waals surface area contributed by atoms with Gasteiger partial charge in [-0.1, -0.05) is 91.0 Å². The number of ether oxygens (including phenoxy) is 2. The third-order valence-corrected chi connectivity index (χ3v) is 8.51. The SMILES string of the molecule is CC(C)(C)OC(=O)c1ccc(N2C[C@H](CN)OC2=O)cc1F.c1ccc(P(c2ccccc2)c2ccccc2)cc1. The molecule has 4 aromatic rings. The summed E-state index contributed by atoms with van der Waals surface area (Å²) in [4.78, 5) is 24.9. The van der Waals surface area contributed by atoms with Crippen LogP contribution in [-0.4, -0.2) is 36.9 Å². The molecular formula is C33H34FN2O4P. The first-order valence-electron chi connectivity index (χ1n) is 13.3. The molecule has 1 fully saturated rings. The zero-order chi connectivity index (χ0) is 29.4. The Morgan fingerprint density at radius 1 is 0.902 bits per heavy atom. The van der Waals surface area contributed by atoms with E-state index in [2.05, 4.69) is 91.0 Å². The Kier molecular flexibility index (Phi) is 9.87. The number of amides is 1. The molecule has 1 heterocycles. The summed E-state index contributed by atoms with van der Waals surface area (Å²) < 4.78 is 24.3. The summed E-state index contributed by atoms with van der Waals surface area (Å²) in [6.07, 6.45) is -0.999. The smallest absolute Gasteiger partial charge is 0.414 e. The Balaban J connectivity index is 0.000000191. The van der Waals surface area contributed by atoms with Crippen molar-refractivity contribution in [3.63, 3.8) is 0 Å². The number of anilines is 1. The molecule has 4 aromatic carbocycles. The number of hydrogen-bond donors (Lipinski definition) is 1. The number of benzene rings is 4. The maximum atomic E-state index is 14.1. The van der Waals surface area contributed by atoms with Crippen molar-refractivity contribution in [1.82, 2.24) is 0 Å². The molecule has 1 atom stereocenters. The predicted molar refractivity (Wildman–Crippen MR) is 163 cm³/mol. The maximum Gasteiger partial charge on any atom is 0.414 e. The van der Waals surface area contributed by atoms with Crippen LogP contribution in [0.15, 0.2) is 109 Å². The maximum absolute atomic E-state index is 14.1. The molecule has 6 nitrogen and oxygen atoms in total. The number of cyclic esters (lactones) is 1. The molecule has 0 unspecified atom stereocenters. The molecule has 41 heavy (non-hydrogen) atoms. The number of rotatable bonds is 6. The second kappa shape index (κ2) is 13.5. The van der Waals surface area contributed by atoms with Crippen LogP contribution in [0, 0.1) is 5.82 Å². The van der Waals surface area contributed by atoms with E-state index < -0.39 is 37.5 Å². The van der Waals surface area contributed by atoms with Gasteiger partial charge in [-0.05, 0) is 62.8 Å². The van der Waals surface area contributed by atoms with Crippen LogP contribution < -0.4 is 26.5 Å². The number of esters is 1. The lowest BCUT2D eigenvalue weighted by Crippen LogP contribution is -2.28. The fourth-order valence-corrected chi connectivity index (χ4v) is 6.51. The molecule has 0 aromatic heterocycles. The number of carbonyl (C=O) groups is 2. The van der Waals surface area contributed by atoms with Crippen LogP contribution in [0.1, 0.15) is 31.1 Å². The normalized spacial score (nSPS) is 14.7. The number of nitrogens with two attached hydrogens (primary N) is 1. The summed E-state index contributed by atoms with van der Waals surface area (Å²) in [7, 11) is -0.446. The van der Waals surface area contributed by atoms with Crippen LogP contribution in [0.2, 0.25) is 0 Å². The lowest BCUT2D eigenvalue weighted by atomic mass is 10.1. The molecule has 0 aliphatic carbocycles. The van der Waals surface area contributed by atoms with Gasteiger partial charge in [0.05, 0.1) is 17.8 Å². The van der Waals surface area contributed by atoms with Crippen LogP contribution in [0.25, 0.3) is 0 Å². The summed E-state index contributed by atoms with van der Waals surface area (Å²) in [5.74, 6) is -1.50. The van der Waals surface area contributed by atoms with Crippen molar-refractivity contribution in [3.8, 4) is 0 Å². The first-order valence-corrected chi connectivity index (χ1v) is 14.7. The molecule has 212 valence electrons. The molecule has 0 bridgehead atoms. The minimum absolute atomic E-state index is 0.179. The largest absolute Gasteiger partial charge is 0.456 e. The molecule has 1 saturated heterocycles. The van der Waals surface area contributed by atoms with E-state index >= 15 is 0 Å². The van der Waals surface area contributed by atoms with Gasteiger partial charge >= 0.3 is 12.1 Å². The zero-order valence-corrected chi connectivity index (χ0v) is 24.3. The molecule has 2 N–H and O–H groups in total. The van der Waals surface area contributed by atoms with Crippen molar-refractivity contribution in [3.05, 3.63) is 121 Å². The molecule has 1 amide bonds. The highest BCUT2D eigenvalue weighted by Gasteiger charge is 2.32. The Morgan fingerprint density at radius 3 is 1.78 bits per heavy atom. The fraction of sp³-hybridized carbons (Fsp3) is 0.212. The van der Waals surface area contributed by atoms with E-state index in [-0.39, 0.29) is 18.7 Å². The highest BCUT2D eigenvalue weighted by atomic mass is 31.1. The molecule has 5 rings (SSSR count). The topological polar surface area (TPSA) is 81.9 Å². The quantitative estimate of drug-likeness (QED) is 0.244. The fourth-order valence-electron chi connectivity index (χ4n) is 4.20. The van der Waals surface area contributed by atoms with Crippen LogP contribution >= 0.6 is 7.92 Å². The van der Waals surface area contributed by atoms with Gasteiger partial charge in [-0.2, -0.15) is 0 Å². The van der Waals surface area contributed by atoms with Gasteiger partial charge in [-0.15, -0.1) is 0 Å². The monoisotopic (exact) mass is 572 g/mol. The second-order valence-corrected chi connectivity index (χ2v) is 12.6. The van der Waals surface area contributed by atoms with Crippen LogP contribution in [0.3, 0.4) is 0 Å². The van der Waals surface area contributed by atoms with E-state index in [4.69, 9.17) is 15.2 Å². The molecule has 0 saturated carbocycles. The van der Waals surface area contributed by atoms with Crippen molar-refractivity contribution < 1.29 is 23.5 Å². The molecule has 0 spiro atoms. The molecule has 8 heteroatoms. The van der Waals surface area contributed by atoms with Crippen LogP contribution in [-0.2, 0) is 9.47 Å². The summed E-state index contributed by atoms with van der Waals surface area (Å²) in [6.45, 7) is 5.54. The first-order chi connectivity index (χ1) is 19.7. The van der Waals surface area contributed by atoms with Crippen molar-refractivity contribution in [2.75, 3.05) is 18.0 Å². The Labute approximate surface area is 241 Å². The number of hydrogen-bond acceptors (Lipinski definition) is 5. The van der Waals surface area contributed by atoms with Gasteiger partial charge < -0.3 is 15.2 Å². The van der Waals surface area contributed by atoms with E-state index in [1.165, 1.54) is 32.9 Å². The Morgan fingerprint density at radius 2 is 1.39 bits per heavy atom. The minimum atomic E-state index is -0.754. The predicted octanol–water partition coefficient (Wildman–Crippen LogP) is 5.51. The second-order valence-electron chi connectivity index (χ2n) is 10.4. The van der Waals surface area contributed by atoms with Crippen molar-refractivity contribution in [2.45, 2.75) is 32.5 Å². The van der Waals surface area contributed by atoms with E-state index in [0.717, 1.165) is 6.07 Å². The van der Waals surface area contributed by atoms with E-state index in [9.17, 15) is 14.0 Å². The molecule has 1 aliphatic rings. The highest BCUT2D eigenvalue weighted by molar-refractivity contribution is 7.79. The molecule has 0 radical (unpaired) electrons. The summed E-state index contributed by atoms with van der Waals surface area (Å²) in [5, 5.41) is 4.19. The minimum Gasteiger partial charge on any atom is -0.456 e. The highest BCUT2D eigenvalue weighted by Crippen LogP contribution is 2.32. The Bertz CT molecular complexity index is 1350. The van der Waals surface area contributed by atoms with Crippen LogP contribution in [0.4, 0.5) is 14.9 Å². The van der Waals surface area contributed by atoms with E-state index in [1.807, 2.05) is 0 Å². The summed E-state index contributed by atoms with van der Waals surface area (Å²) in [5.41, 5.74) is 4.87. The zero-order valence-electron chi connectivity index (χ0n) is 23.4. The van der Waals surface area contributed by atoms with Gasteiger partial charge in [0.1, 0.15) is 17.5 Å². The third kappa shape index (κ3) is 8.00. The lowest BCUT2D eigenvalue weighted by Gasteiger charge is -2.20. The molecule has 1 aliphatic heterocycles. The van der Waals surface area contributed by atoms with E-state index in [0.29, 0.717) is 5.69 Å². The summed E-state index contributed by atoms with van der Waals surface area (Å²) in [6, 6.07) is 36.2. The van der Waals surface area contributed by atoms with Crippen molar-refractivity contribution in [2.24, 2.45) is 5.73 Å². The van der Waals surface area contributed by atoms with Crippen molar-refractivity contribution in [1.29, 1.82) is 0 Å². The van der Waals surface area contributed by atoms with E-state index in [1.54, 1.807) is 20.8 Å². The first kappa shape index (κ1) is 29.9. The van der Waals surface area contributed by atoms with Gasteiger partial charge in [0, 0.05) is 6.54 Å². The standard InChI is InChI=1S/C18H15P.C15H19FN2O4/c1-4-10-16(11-5-1)19(17-12-6-2-7-13-17)18-14-8-3-9-15-18;1-15(2,3)22-13(19)11-5-4-9(6-12(11)16)18-8-10(7-17)21-14(18)20/h1-15H;4-6,10H,7-8,17H2,1-3H3/t;10-/m.0/s1. The van der Waals surface area contributed by atoms with Gasteiger partial charge in [-0.3, -0.25) is 4.90 Å². The number of nitrogens with zero attached hydrogens (tertiary/aromatic N) is 1. The number of carbonyl (C=O) groups excluding carboxylic acids is 2. The average molecular weight is 573 g/mol. The third-order valence-electron chi connectivity index (χ3n) is 6.06. The van der Waals surface area contributed by atoms with Gasteiger partial charge in [0.2, 0.25) is 0 Å². The molecular weight excluding hydrogens is 538 g/mol. The van der Waals surface area contributed by atoms with Gasteiger partial charge in [0.25, 0.3) is 0 Å². The van der Waals surface area contributed by atoms with Gasteiger partial charge in [0.15, 0.2) is 0 Å². The summed E-state index contributed by atoms with van der Waals surface area (Å²) >= 11 is 0. The number of halogens is 1.